The highest BCUT2D eigenvalue weighted by Gasteiger charge is 2.34. The number of rotatable bonds is 2. The maximum absolute atomic E-state index is 12.9. The van der Waals surface area contributed by atoms with Crippen molar-refractivity contribution in [2.24, 2.45) is 0 Å². The van der Waals surface area contributed by atoms with E-state index in [0.717, 1.165) is 32.4 Å². The molecule has 1 saturated heterocycles. The van der Waals surface area contributed by atoms with Crippen molar-refractivity contribution >= 4 is 16.7 Å². The number of H-pyrrole nitrogens is 1. The van der Waals surface area contributed by atoms with Crippen molar-refractivity contribution in [2.75, 3.05) is 26.2 Å². The average Bonchev–Trinajstić information content (AvgIpc) is 3.08. The number of nitrogens with zero attached hydrogens (tertiary/aromatic N) is 3. The molecule has 132 valence electrons. The van der Waals surface area contributed by atoms with E-state index in [4.69, 9.17) is 0 Å². The van der Waals surface area contributed by atoms with E-state index in [2.05, 4.69) is 15.1 Å². The predicted octanol–water partition coefficient (Wildman–Crippen LogP) is 0.594. The second kappa shape index (κ2) is 6.57. The molecule has 1 aromatic heterocycles. The molecule has 2 N–H and O–H groups in total. The molecule has 2 fully saturated rings. The van der Waals surface area contributed by atoms with Crippen LogP contribution in [0, 0.1) is 0 Å². The van der Waals surface area contributed by atoms with Crippen molar-refractivity contribution in [3.63, 3.8) is 0 Å². The number of aliphatic hydroxyl groups is 1. The largest absolute Gasteiger partial charge is 0.391 e. The topological polar surface area (TPSA) is 89.5 Å². The summed E-state index contributed by atoms with van der Waals surface area (Å²) in [5, 5.41) is 17.6. The zero-order valence-corrected chi connectivity index (χ0v) is 14.0. The van der Waals surface area contributed by atoms with Gasteiger partial charge >= 0.3 is 0 Å². The van der Waals surface area contributed by atoms with Crippen LogP contribution in [0.15, 0.2) is 29.1 Å². The van der Waals surface area contributed by atoms with Crippen LogP contribution in [0.3, 0.4) is 0 Å². The number of carbonyl (C=O) groups excluding carboxylic acids is 1. The third-order valence-electron chi connectivity index (χ3n) is 5.41. The van der Waals surface area contributed by atoms with Crippen LogP contribution >= 0.6 is 0 Å². The third-order valence-corrected chi connectivity index (χ3v) is 5.41. The highest BCUT2D eigenvalue weighted by atomic mass is 16.3. The van der Waals surface area contributed by atoms with Gasteiger partial charge in [-0.05, 0) is 25.3 Å². The van der Waals surface area contributed by atoms with Crippen LogP contribution in [0.4, 0.5) is 0 Å². The van der Waals surface area contributed by atoms with Gasteiger partial charge in [-0.3, -0.25) is 14.5 Å². The minimum Gasteiger partial charge on any atom is -0.391 e. The Morgan fingerprint density at radius 2 is 1.84 bits per heavy atom. The van der Waals surface area contributed by atoms with Gasteiger partial charge in [-0.2, -0.15) is 5.10 Å². The second-order valence-electron chi connectivity index (χ2n) is 6.84. The summed E-state index contributed by atoms with van der Waals surface area (Å²) in [7, 11) is 0. The maximum Gasteiger partial charge on any atom is 0.275 e. The van der Waals surface area contributed by atoms with Crippen LogP contribution in [0.2, 0.25) is 0 Å². The summed E-state index contributed by atoms with van der Waals surface area (Å²) in [6.45, 7) is 2.73. The lowest BCUT2D eigenvalue weighted by molar-refractivity contribution is 0.0313. The number of benzene rings is 1. The minimum atomic E-state index is -0.285. The lowest BCUT2D eigenvalue weighted by atomic mass is 10.1. The molecule has 1 saturated carbocycles. The SMILES string of the molecule is O=C(c1n[nH]c(=O)c2ccccc12)N1CCN([C@@H]2CCC[C@@H]2O)CC1. The minimum absolute atomic E-state index is 0.154. The van der Waals surface area contributed by atoms with Crippen LogP contribution in [0.1, 0.15) is 29.8 Å². The Morgan fingerprint density at radius 3 is 2.52 bits per heavy atom. The fraction of sp³-hybridized carbons (Fsp3) is 0.500. The van der Waals surface area contributed by atoms with Crippen LogP contribution < -0.4 is 5.56 Å². The van der Waals surface area contributed by atoms with E-state index in [1.165, 1.54) is 0 Å². The molecule has 2 aliphatic rings. The van der Waals surface area contributed by atoms with Crippen LogP contribution in [0.5, 0.6) is 0 Å². The van der Waals surface area contributed by atoms with Gasteiger partial charge in [0.15, 0.2) is 5.69 Å². The summed E-state index contributed by atoms with van der Waals surface area (Å²) >= 11 is 0. The molecule has 0 radical (unpaired) electrons. The molecule has 2 aromatic rings. The fourth-order valence-corrected chi connectivity index (χ4v) is 4.03. The Labute approximate surface area is 145 Å². The molecule has 7 heteroatoms. The van der Waals surface area contributed by atoms with Crippen molar-refractivity contribution < 1.29 is 9.90 Å². The van der Waals surface area contributed by atoms with E-state index in [1.54, 1.807) is 29.2 Å². The summed E-state index contributed by atoms with van der Waals surface area (Å²) in [4.78, 5) is 28.8. The van der Waals surface area contributed by atoms with Gasteiger partial charge in [-0.15, -0.1) is 0 Å². The lowest BCUT2D eigenvalue weighted by Gasteiger charge is -2.39. The molecule has 4 rings (SSSR count). The van der Waals surface area contributed by atoms with Crippen LogP contribution in [-0.4, -0.2) is 69.3 Å². The Hall–Kier alpha value is -2.25. The molecular weight excluding hydrogens is 320 g/mol. The maximum atomic E-state index is 12.9. The van der Waals surface area contributed by atoms with Crippen molar-refractivity contribution in [3.8, 4) is 0 Å². The second-order valence-corrected chi connectivity index (χ2v) is 6.84. The summed E-state index contributed by atoms with van der Waals surface area (Å²) in [6.07, 6.45) is 2.73. The first-order chi connectivity index (χ1) is 12.1. The number of fused-ring (bicyclic) bond motifs is 1. The van der Waals surface area contributed by atoms with E-state index in [0.29, 0.717) is 29.6 Å². The van der Waals surface area contributed by atoms with Gasteiger partial charge in [0.2, 0.25) is 0 Å². The molecule has 0 spiro atoms. The number of aromatic amines is 1. The molecular formula is C18H22N4O3. The number of aromatic nitrogens is 2. The number of hydrogen-bond acceptors (Lipinski definition) is 5. The molecule has 0 unspecified atom stereocenters. The van der Waals surface area contributed by atoms with E-state index < -0.39 is 0 Å². The van der Waals surface area contributed by atoms with Gasteiger partial charge in [0, 0.05) is 37.6 Å². The van der Waals surface area contributed by atoms with E-state index in [1.807, 2.05) is 0 Å². The number of piperazine rings is 1. The number of nitrogens with one attached hydrogen (secondary N) is 1. The first-order valence-electron chi connectivity index (χ1n) is 8.84. The van der Waals surface area contributed by atoms with Crippen molar-refractivity contribution in [1.29, 1.82) is 0 Å². The van der Waals surface area contributed by atoms with Crippen molar-refractivity contribution in [3.05, 3.63) is 40.3 Å². The normalized spacial score (nSPS) is 24.8. The summed E-state index contributed by atoms with van der Waals surface area (Å²) < 4.78 is 0. The van der Waals surface area contributed by atoms with Gasteiger partial charge in [0.1, 0.15) is 0 Å². The average molecular weight is 342 g/mol. The van der Waals surface area contributed by atoms with Gasteiger partial charge < -0.3 is 10.0 Å². The van der Waals surface area contributed by atoms with Gasteiger partial charge in [0.05, 0.1) is 11.5 Å². The molecule has 2 heterocycles. The van der Waals surface area contributed by atoms with Crippen molar-refractivity contribution in [2.45, 2.75) is 31.4 Å². The molecule has 1 aliphatic carbocycles. The number of amides is 1. The number of hydrogen-bond donors (Lipinski definition) is 2. The Kier molecular flexibility index (Phi) is 4.27. The van der Waals surface area contributed by atoms with E-state index in [9.17, 15) is 14.7 Å². The molecule has 1 aliphatic heterocycles. The first-order valence-corrected chi connectivity index (χ1v) is 8.84. The summed E-state index contributed by atoms with van der Waals surface area (Å²) in [6, 6.07) is 7.27. The first kappa shape index (κ1) is 16.2. The predicted molar refractivity (Wildman–Crippen MR) is 93.5 cm³/mol. The third kappa shape index (κ3) is 2.94. The zero-order chi connectivity index (χ0) is 17.4. The number of carbonyl (C=O) groups is 1. The zero-order valence-electron chi connectivity index (χ0n) is 14.0. The molecule has 1 amide bonds. The Morgan fingerprint density at radius 1 is 1.12 bits per heavy atom. The fourth-order valence-electron chi connectivity index (χ4n) is 4.03. The highest BCUT2D eigenvalue weighted by Crippen LogP contribution is 2.25. The smallest absolute Gasteiger partial charge is 0.275 e. The van der Waals surface area contributed by atoms with Gasteiger partial charge in [0.25, 0.3) is 11.5 Å². The highest BCUT2D eigenvalue weighted by molar-refractivity contribution is 6.04. The van der Waals surface area contributed by atoms with Crippen molar-refractivity contribution in [1.82, 2.24) is 20.0 Å². The van der Waals surface area contributed by atoms with Crippen LogP contribution in [0.25, 0.3) is 10.8 Å². The van der Waals surface area contributed by atoms with Gasteiger partial charge in [-0.1, -0.05) is 18.2 Å². The van der Waals surface area contributed by atoms with E-state index >= 15 is 0 Å². The summed E-state index contributed by atoms with van der Waals surface area (Å²) in [5.74, 6) is -0.154. The number of aliphatic hydroxyl groups excluding tert-OH is 1. The molecule has 25 heavy (non-hydrogen) atoms. The molecule has 7 nitrogen and oxygen atoms in total. The Bertz CT molecular complexity index is 842. The van der Waals surface area contributed by atoms with E-state index in [-0.39, 0.29) is 23.6 Å². The summed E-state index contributed by atoms with van der Waals surface area (Å²) in [5.41, 5.74) is 0.0109. The quantitative estimate of drug-likeness (QED) is 0.834. The lowest BCUT2D eigenvalue weighted by Crippen LogP contribution is -2.53. The molecule has 2 atom stereocenters. The van der Waals surface area contributed by atoms with Gasteiger partial charge in [-0.25, -0.2) is 5.10 Å². The monoisotopic (exact) mass is 342 g/mol. The van der Waals surface area contributed by atoms with Crippen LogP contribution in [-0.2, 0) is 0 Å². The molecule has 0 bridgehead atoms. The standard InChI is InChI=1S/C18H22N4O3/c23-15-7-3-6-14(15)21-8-10-22(11-9-21)18(25)16-12-4-1-2-5-13(12)17(24)20-19-16/h1-2,4-5,14-15,23H,3,6-11H2,(H,20,24)/t14-,15+/m1/s1. The molecule has 1 aromatic carbocycles. The Balaban J connectivity index is 1.51.